The fourth-order valence-corrected chi connectivity index (χ4v) is 1.87. The number of aliphatic hydroxyl groups is 1. The van der Waals surface area contributed by atoms with Crippen LogP contribution in [0.5, 0.6) is 0 Å². The summed E-state index contributed by atoms with van der Waals surface area (Å²) in [7, 11) is 0. The molecule has 2 rings (SSSR count). The number of furan rings is 1. The van der Waals surface area contributed by atoms with Gasteiger partial charge in [0.2, 0.25) is 0 Å². The van der Waals surface area contributed by atoms with Gasteiger partial charge in [-0.3, -0.25) is 0 Å². The van der Waals surface area contributed by atoms with Gasteiger partial charge >= 0.3 is 0 Å². The molecule has 0 aromatic carbocycles. The van der Waals surface area contributed by atoms with Gasteiger partial charge in [0.15, 0.2) is 0 Å². The van der Waals surface area contributed by atoms with Crippen LogP contribution in [0.2, 0.25) is 0 Å². The molecular formula is C11H17NO3. The average molecular weight is 211 g/mol. The van der Waals surface area contributed by atoms with Gasteiger partial charge in [-0.05, 0) is 25.0 Å². The molecule has 4 heteroatoms. The highest BCUT2D eigenvalue weighted by atomic mass is 16.5. The fraction of sp³-hybridized carbons (Fsp3) is 0.636. The van der Waals surface area contributed by atoms with Crippen molar-refractivity contribution in [2.75, 3.05) is 19.8 Å². The van der Waals surface area contributed by atoms with E-state index in [4.69, 9.17) is 9.15 Å². The predicted octanol–water partition coefficient (Wildman–Crippen LogP) is 1.08. The van der Waals surface area contributed by atoms with Crippen molar-refractivity contribution in [2.45, 2.75) is 24.9 Å². The van der Waals surface area contributed by atoms with E-state index >= 15 is 0 Å². The molecule has 0 bridgehead atoms. The van der Waals surface area contributed by atoms with Crippen LogP contribution >= 0.6 is 0 Å². The van der Waals surface area contributed by atoms with Crippen molar-refractivity contribution in [1.82, 2.24) is 5.32 Å². The molecule has 2 unspecified atom stereocenters. The smallest absolute Gasteiger partial charge is 0.123 e. The third-order valence-electron chi connectivity index (χ3n) is 2.67. The zero-order valence-corrected chi connectivity index (χ0v) is 8.69. The molecule has 4 nitrogen and oxygen atoms in total. The minimum absolute atomic E-state index is 0.0456. The topological polar surface area (TPSA) is 54.6 Å². The van der Waals surface area contributed by atoms with Crippen molar-refractivity contribution < 1.29 is 14.3 Å². The largest absolute Gasteiger partial charge is 0.468 e. The van der Waals surface area contributed by atoms with Crippen molar-refractivity contribution in [2.24, 2.45) is 0 Å². The Morgan fingerprint density at radius 1 is 1.60 bits per heavy atom. The lowest BCUT2D eigenvalue weighted by atomic mass is 10.1. The second-order valence-corrected chi connectivity index (χ2v) is 3.83. The van der Waals surface area contributed by atoms with Crippen LogP contribution in [0.25, 0.3) is 0 Å². The SMILES string of the molecule is OCC(NC1CCCOC1)c1ccco1. The van der Waals surface area contributed by atoms with Gasteiger partial charge in [-0.1, -0.05) is 0 Å². The first-order chi connectivity index (χ1) is 7.40. The van der Waals surface area contributed by atoms with Gasteiger partial charge in [-0.25, -0.2) is 0 Å². The number of hydrogen-bond donors (Lipinski definition) is 2. The van der Waals surface area contributed by atoms with Gasteiger partial charge in [0.1, 0.15) is 5.76 Å². The van der Waals surface area contributed by atoms with E-state index < -0.39 is 0 Å². The monoisotopic (exact) mass is 211 g/mol. The second-order valence-electron chi connectivity index (χ2n) is 3.83. The predicted molar refractivity (Wildman–Crippen MR) is 55.5 cm³/mol. The standard InChI is InChI=1S/C11H17NO3/c13-7-10(11-4-2-6-15-11)12-9-3-1-5-14-8-9/h2,4,6,9-10,12-13H,1,3,5,7-8H2. The van der Waals surface area contributed by atoms with Crippen LogP contribution in [0.1, 0.15) is 24.6 Å². The lowest BCUT2D eigenvalue weighted by Crippen LogP contribution is -2.40. The summed E-state index contributed by atoms with van der Waals surface area (Å²) >= 11 is 0. The summed E-state index contributed by atoms with van der Waals surface area (Å²) in [6.07, 6.45) is 3.79. The Morgan fingerprint density at radius 3 is 3.13 bits per heavy atom. The lowest BCUT2D eigenvalue weighted by molar-refractivity contribution is 0.0607. The highest BCUT2D eigenvalue weighted by molar-refractivity contribution is 5.04. The van der Waals surface area contributed by atoms with E-state index in [0.717, 1.165) is 31.8 Å². The van der Waals surface area contributed by atoms with Gasteiger partial charge in [-0.15, -0.1) is 0 Å². The summed E-state index contributed by atoms with van der Waals surface area (Å²) in [5.41, 5.74) is 0. The van der Waals surface area contributed by atoms with E-state index in [9.17, 15) is 5.11 Å². The number of aliphatic hydroxyl groups excluding tert-OH is 1. The van der Waals surface area contributed by atoms with E-state index in [1.165, 1.54) is 0 Å². The minimum Gasteiger partial charge on any atom is -0.468 e. The molecule has 0 radical (unpaired) electrons. The van der Waals surface area contributed by atoms with Crippen molar-refractivity contribution in [3.63, 3.8) is 0 Å². The summed E-state index contributed by atoms with van der Waals surface area (Å²) in [6, 6.07) is 3.90. The van der Waals surface area contributed by atoms with Crippen LogP contribution in [0, 0.1) is 0 Å². The Hall–Kier alpha value is -0.840. The molecule has 0 amide bonds. The van der Waals surface area contributed by atoms with Crippen molar-refractivity contribution in [3.05, 3.63) is 24.2 Å². The Balaban J connectivity index is 1.90. The van der Waals surface area contributed by atoms with Gasteiger partial charge in [-0.2, -0.15) is 0 Å². The minimum atomic E-state index is -0.119. The highest BCUT2D eigenvalue weighted by Crippen LogP contribution is 2.16. The normalized spacial score (nSPS) is 23.9. The first-order valence-electron chi connectivity index (χ1n) is 5.38. The molecule has 0 aliphatic carbocycles. The van der Waals surface area contributed by atoms with E-state index in [1.54, 1.807) is 6.26 Å². The van der Waals surface area contributed by atoms with Crippen LogP contribution in [0.4, 0.5) is 0 Å². The van der Waals surface area contributed by atoms with Gasteiger partial charge in [0, 0.05) is 12.6 Å². The quantitative estimate of drug-likeness (QED) is 0.782. The third kappa shape index (κ3) is 2.81. The first kappa shape index (κ1) is 10.7. The molecule has 1 aromatic heterocycles. The van der Waals surface area contributed by atoms with E-state index in [-0.39, 0.29) is 12.6 Å². The maximum atomic E-state index is 9.27. The summed E-state index contributed by atoms with van der Waals surface area (Å²) in [5, 5.41) is 12.6. The molecule has 2 atom stereocenters. The molecule has 1 saturated heterocycles. The molecule has 1 aromatic rings. The molecule has 0 saturated carbocycles. The van der Waals surface area contributed by atoms with Gasteiger partial charge < -0.3 is 19.6 Å². The van der Waals surface area contributed by atoms with Gasteiger partial charge in [0.25, 0.3) is 0 Å². The number of nitrogens with one attached hydrogen (secondary N) is 1. The molecule has 1 aliphatic heterocycles. The molecule has 15 heavy (non-hydrogen) atoms. The summed E-state index contributed by atoms with van der Waals surface area (Å²) in [4.78, 5) is 0. The van der Waals surface area contributed by atoms with E-state index in [1.807, 2.05) is 12.1 Å². The maximum Gasteiger partial charge on any atom is 0.123 e. The lowest BCUT2D eigenvalue weighted by Gasteiger charge is -2.26. The van der Waals surface area contributed by atoms with Crippen molar-refractivity contribution in [1.29, 1.82) is 0 Å². The molecular weight excluding hydrogens is 194 g/mol. The molecule has 1 fully saturated rings. The molecule has 84 valence electrons. The summed E-state index contributed by atoms with van der Waals surface area (Å²) in [6.45, 7) is 1.62. The third-order valence-corrected chi connectivity index (χ3v) is 2.67. The number of rotatable bonds is 4. The molecule has 0 spiro atoms. The summed E-state index contributed by atoms with van der Waals surface area (Å²) < 4.78 is 10.6. The Labute approximate surface area is 89.2 Å². The van der Waals surface area contributed by atoms with E-state index in [0.29, 0.717) is 6.04 Å². The van der Waals surface area contributed by atoms with Crippen molar-refractivity contribution in [3.8, 4) is 0 Å². The Morgan fingerprint density at radius 2 is 2.53 bits per heavy atom. The van der Waals surface area contributed by atoms with Crippen molar-refractivity contribution >= 4 is 0 Å². The zero-order chi connectivity index (χ0) is 10.5. The average Bonchev–Trinajstić information content (AvgIpc) is 2.81. The van der Waals surface area contributed by atoms with E-state index in [2.05, 4.69) is 5.32 Å². The highest BCUT2D eigenvalue weighted by Gasteiger charge is 2.20. The van der Waals surface area contributed by atoms with Crippen LogP contribution in [-0.2, 0) is 4.74 Å². The van der Waals surface area contributed by atoms with Crippen LogP contribution in [-0.4, -0.2) is 31.0 Å². The Bertz CT molecular complexity index is 267. The zero-order valence-electron chi connectivity index (χ0n) is 8.69. The maximum absolute atomic E-state index is 9.27. The van der Waals surface area contributed by atoms with Crippen LogP contribution in [0.15, 0.2) is 22.8 Å². The molecule has 2 heterocycles. The Kier molecular flexibility index (Phi) is 3.77. The second kappa shape index (κ2) is 5.30. The van der Waals surface area contributed by atoms with Gasteiger partial charge in [0.05, 0.1) is 25.5 Å². The summed E-state index contributed by atoms with van der Waals surface area (Å²) in [5.74, 6) is 0.781. The molecule has 1 aliphatic rings. The fourth-order valence-electron chi connectivity index (χ4n) is 1.87. The number of hydrogen-bond acceptors (Lipinski definition) is 4. The van der Waals surface area contributed by atoms with Crippen LogP contribution in [0.3, 0.4) is 0 Å². The van der Waals surface area contributed by atoms with Crippen LogP contribution < -0.4 is 5.32 Å². The molecule has 2 N–H and O–H groups in total. The number of ether oxygens (including phenoxy) is 1. The first-order valence-corrected chi connectivity index (χ1v) is 5.38.